The van der Waals surface area contributed by atoms with Gasteiger partial charge in [0.05, 0.1) is 0 Å². The van der Waals surface area contributed by atoms with Gasteiger partial charge in [-0.15, -0.1) is 0 Å². The molecule has 0 bridgehead atoms. The molecule has 0 unspecified atom stereocenters. The first-order chi connectivity index (χ1) is 8.73. The molecule has 6 nitrogen and oxygen atoms in total. The zero-order valence-electron chi connectivity index (χ0n) is 10.7. The molecule has 0 amide bonds. The third-order valence-corrected chi connectivity index (χ3v) is 4.81. The van der Waals surface area contributed by atoms with E-state index in [1.165, 1.54) is 0 Å². The summed E-state index contributed by atoms with van der Waals surface area (Å²) < 4.78 is 9.15. The van der Waals surface area contributed by atoms with Crippen LogP contribution in [0.15, 0.2) is 44.8 Å². The van der Waals surface area contributed by atoms with Crippen molar-refractivity contribution in [1.29, 1.82) is 0 Å². The second-order valence-corrected chi connectivity index (χ2v) is 6.13. The van der Waals surface area contributed by atoms with Crippen LogP contribution in [0.4, 0.5) is 0 Å². The molecule has 1 aliphatic heterocycles. The third-order valence-electron chi connectivity index (χ3n) is 2.60. The predicted octanol–water partition coefficient (Wildman–Crippen LogP) is 1.41. The molecule has 0 atom stereocenters. The summed E-state index contributed by atoms with van der Waals surface area (Å²) >= 11 is 0. The van der Waals surface area contributed by atoms with E-state index in [1.54, 1.807) is 7.05 Å². The lowest BCUT2D eigenvalue weighted by molar-refractivity contribution is 1.09. The monoisotopic (exact) mass is 264 g/mol. The van der Waals surface area contributed by atoms with Gasteiger partial charge in [0.15, 0.2) is 0 Å². The molecular weight excluding hydrogens is 247 g/mol. The number of rotatable bonds is 3. The first-order valence-corrected chi connectivity index (χ1v) is 7.32. The Kier molecular flexibility index (Phi) is 3.91. The average molecular weight is 264 g/mol. The number of nitrogens with one attached hydrogen (secondary N) is 3. The summed E-state index contributed by atoms with van der Waals surface area (Å²) in [4.78, 5) is 4.12. The molecule has 0 saturated heterocycles. The summed E-state index contributed by atoms with van der Waals surface area (Å²) in [6, 6.07) is 9.94. The van der Waals surface area contributed by atoms with E-state index in [-0.39, 0.29) is 0 Å². The Hall–Kier alpha value is -1.49. The Balaban J connectivity index is 2.50. The lowest BCUT2D eigenvalue weighted by Crippen LogP contribution is -2.35. The van der Waals surface area contributed by atoms with Crippen LogP contribution in [-0.2, 0) is 0 Å². The highest BCUT2D eigenvalue weighted by Crippen LogP contribution is 2.42. The number of aliphatic imine (C=N–C) groups is 1. The van der Waals surface area contributed by atoms with Gasteiger partial charge >= 0.3 is 0 Å². The first-order valence-electron chi connectivity index (χ1n) is 5.63. The van der Waals surface area contributed by atoms with E-state index in [0.717, 1.165) is 11.4 Å². The molecule has 0 radical (unpaired) electrons. The van der Waals surface area contributed by atoms with Crippen molar-refractivity contribution in [2.24, 2.45) is 14.5 Å². The van der Waals surface area contributed by atoms with Crippen LogP contribution in [0.5, 0.6) is 0 Å². The maximum atomic E-state index is 4.67. The van der Waals surface area contributed by atoms with Crippen molar-refractivity contribution < 1.29 is 0 Å². The van der Waals surface area contributed by atoms with E-state index in [4.69, 9.17) is 0 Å². The number of hydrogen-bond acceptors (Lipinski definition) is 4. The van der Waals surface area contributed by atoms with Crippen LogP contribution in [0, 0.1) is 0 Å². The van der Waals surface area contributed by atoms with E-state index in [2.05, 4.69) is 30.0 Å². The summed E-state index contributed by atoms with van der Waals surface area (Å²) in [7, 11) is 3.27. The molecule has 1 aromatic rings. The Morgan fingerprint density at radius 1 is 1.17 bits per heavy atom. The van der Waals surface area contributed by atoms with Crippen molar-refractivity contribution in [3.8, 4) is 0 Å². The standard InChI is InChI=1S/C11H17N6P/c1-12-11-15-10(9-7-5-4-6-8-9)16-18(13-2,14-3)17-11/h4-8,13-14H,1-3H3,(H,12,15,16). The molecule has 1 heterocycles. The molecule has 7 heteroatoms. The fourth-order valence-electron chi connectivity index (χ4n) is 1.60. The SMILES string of the molecule is CN=C1N=P(NC)(NC)N=C(c2ccccc2)N1. The second-order valence-electron chi connectivity index (χ2n) is 3.64. The van der Waals surface area contributed by atoms with E-state index in [1.807, 2.05) is 44.4 Å². The zero-order chi connectivity index (χ0) is 13.0. The van der Waals surface area contributed by atoms with Gasteiger partial charge in [-0.25, -0.2) is 0 Å². The Bertz CT molecular complexity index is 526. The number of nitrogens with zero attached hydrogens (tertiary/aromatic N) is 3. The van der Waals surface area contributed by atoms with Crippen LogP contribution in [0.3, 0.4) is 0 Å². The average Bonchev–Trinajstić information content (AvgIpc) is 2.47. The number of benzene rings is 1. The molecule has 1 aliphatic rings. The highest BCUT2D eigenvalue weighted by molar-refractivity contribution is 7.61. The summed E-state index contributed by atoms with van der Waals surface area (Å²) in [6.07, 6.45) is 0. The zero-order valence-corrected chi connectivity index (χ0v) is 11.6. The second kappa shape index (κ2) is 5.44. The van der Waals surface area contributed by atoms with Gasteiger partial charge < -0.3 is 5.32 Å². The Labute approximate surface area is 107 Å². The number of amidine groups is 1. The predicted molar refractivity (Wildman–Crippen MR) is 76.9 cm³/mol. The topological polar surface area (TPSA) is 73.2 Å². The summed E-state index contributed by atoms with van der Waals surface area (Å²) in [5, 5.41) is 9.44. The Morgan fingerprint density at radius 3 is 2.39 bits per heavy atom. The maximum absolute atomic E-state index is 4.67. The Morgan fingerprint density at radius 2 is 1.83 bits per heavy atom. The molecule has 0 saturated carbocycles. The van der Waals surface area contributed by atoms with E-state index in [0.29, 0.717) is 5.96 Å². The van der Waals surface area contributed by atoms with E-state index >= 15 is 0 Å². The molecule has 1 aromatic carbocycles. The molecule has 2 rings (SSSR count). The van der Waals surface area contributed by atoms with E-state index < -0.39 is 7.51 Å². The number of guanidine groups is 1. The number of hydrogen-bond donors (Lipinski definition) is 3. The fourth-order valence-corrected chi connectivity index (χ4v) is 3.14. The van der Waals surface area contributed by atoms with Gasteiger partial charge in [-0.05, 0) is 14.1 Å². The normalized spacial score (nSPS) is 19.9. The van der Waals surface area contributed by atoms with Gasteiger partial charge in [-0.1, -0.05) is 30.3 Å². The van der Waals surface area contributed by atoms with Crippen molar-refractivity contribution in [2.75, 3.05) is 21.1 Å². The summed E-state index contributed by atoms with van der Waals surface area (Å²) in [6.45, 7) is 0. The van der Waals surface area contributed by atoms with Gasteiger partial charge in [0.1, 0.15) is 5.84 Å². The molecule has 0 spiro atoms. The lowest BCUT2D eigenvalue weighted by atomic mass is 10.2. The van der Waals surface area contributed by atoms with Gasteiger partial charge in [0.25, 0.3) is 0 Å². The highest BCUT2D eigenvalue weighted by atomic mass is 31.2. The fraction of sp³-hybridized carbons (Fsp3) is 0.273. The molecule has 18 heavy (non-hydrogen) atoms. The largest absolute Gasteiger partial charge is 0.308 e. The quantitative estimate of drug-likeness (QED) is 0.723. The minimum Gasteiger partial charge on any atom is -0.308 e. The van der Waals surface area contributed by atoms with Crippen LogP contribution in [-0.4, -0.2) is 32.9 Å². The smallest absolute Gasteiger partial charge is 0.225 e. The van der Waals surface area contributed by atoms with Gasteiger partial charge in [0, 0.05) is 12.6 Å². The third kappa shape index (κ3) is 2.51. The van der Waals surface area contributed by atoms with Crippen LogP contribution in [0.1, 0.15) is 5.56 Å². The highest BCUT2D eigenvalue weighted by Gasteiger charge is 2.22. The van der Waals surface area contributed by atoms with Crippen LogP contribution >= 0.6 is 7.51 Å². The lowest BCUT2D eigenvalue weighted by Gasteiger charge is -2.25. The molecule has 96 valence electrons. The van der Waals surface area contributed by atoms with Gasteiger partial charge in [-0.2, -0.15) is 9.51 Å². The summed E-state index contributed by atoms with van der Waals surface area (Å²) in [5.41, 5.74) is 1.02. The van der Waals surface area contributed by atoms with Gasteiger partial charge in [0.2, 0.25) is 13.5 Å². The molecule has 3 N–H and O–H groups in total. The van der Waals surface area contributed by atoms with Crippen molar-refractivity contribution in [3.05, 3.63) is 35.9 Å². The summed E-state index contributed by atoms with van der Waals surface area (Å²) in [5.74, 6) is 1.36. The van der Waals surface area contributed by atoms with Crippen molar-refractivity contribution in [2.45, 2.75) is 0 Å². The van der Waals surface area contributed by atoms with Crippen LogP contribution in [0.25, 0.3) is 0 Å². The van der Waals surface area contributed by atoms with E-state index in [9.17, 15) is 0 Å². The van der Waals surface area contributed by atoms with Gasteiger partial charge in [-0.3, -0.25) is 15.2 Å². The maximum Gasteiger partial charge on any atom is 0.225 e. The minimum absolute atomic E-state index is 0.584. The van der Waals surface area contributed by atoms with Crippen molar-refractivity contribution >= 4 is 19.3 Å². The first kappa shape index (κ1) is 13.0. The van der Waals surface area contributed by atoms with Crippen LogP contribution in [0.2, 0.25) is 0 Å². The van der Waals surface area contributed by atoms with Crippen molar-refractivity contribution in [1.82, 2.24) is 15.5 Å². The van der Waals surface area contributed by atoms with Crippen LogP contribution < -0.4 is 15.5 Å². The molecular formula is C11H17N6P. The molecule has 0 aliphatic carbocycles. The molecule has 0 aromatic heterocycles. The molecule has 0 fully saturated rings. The minimum atomic E-state index is -2.13. The van der Waals surface area contributed by atoms with Crippen molar-refractivity contribution in [3.63, 3.8) is 0 Å².